The second-order valence-corrected chi connectivity index (χ2v) is 5.75. The molecule has 0 aromatic heterocycles. The molecule has 23 heavy (non-hydrogen) atoms. The fourth-order valence-corrected chi connectivity index (χ4v) is 2.51. The van der Waals surface area contributed by atoms with Gasteiger partial charge in [-0.1, -0.05) is 25.1 Å². The summed E-state index contributed by atoms with van der Waals surface area (Å²) in [7, 11) is 0. The molecule has 2 rings (SSSR count). The van der Waals surface area contributed by atoms with Crippen molar-refractivity contribution in [2.24, 2.45) is 10.9 Å². The first-order valence-corrected chi connectivity index (χ1v) is 8.07. The van der Waals surface area contributed by atoms with Crippen LogP contribution in [0.25, 0.3) is 0 Å². The molecule has 1 aromatic carbocycles. The zero-order chi connectivity index (χ0) is 15.8. The first-order chi connectivity index (χ1) is 10.7. The third kappa shape index (κ3) is 6.76. The minimum absolute atomic E-state index is 0. The molecule has 1 aliphatic rings. The molecule has 1 aromatic rings. The van der Waals surface area contributed by atoms with Gasteiger partial charge in [-0.3, -0.25) is 4.79 Å². The highest BCUT2D eigenvalue weighted by Crippen LogP contribution is 2.15. The van der Waals surface area contributed by atoms with E-state index in [1.54, 1.807) is 0 Å². The number of carbonyl (C=O) groups excluding carboxylic acids is 1. The average Bonchev–Trinajstić information content (AvgIpc) is 2.53. The quantitative estimate of drug-likeness (QED) is 0.439. The molecule has 0 bridgehead atoms. The van der Waals surface area contributed by atoms with E-state index >= 15 is 0 Å². The molecule has 5 nitrogen and oxygen atoms in total. The van der Waals surface area contributed by atoms with Crippen LogP contribution in [0.1, 0.15) is 26.7 Å². The Bertz CT molecular complexity index is 499. The van der Waals surface area contributed by atoms with Crippen molar-refractivity contribution in [3.8, 4) is 0 Å². The Morgan fingerprint density at radius 2 is 1.91 bits per heavy atom. The van der Waals surface area contributed by atoms with E-state index in [1.807, 2.05) is 37.3 Å². The molecular weight excluding hydrogens is 403 g/mol. The van der Waals surface area contributed by atoms with Gasteiger partial charge in [0, 0.05) is 25.3 Å². The summed E-state index contributed by atoms with van der Waals surface area (Å²) in [5.74, 6) is 1.53. The van der Waals surface area contributed by atoms with Crippen molar-refractivity contribution in [3.05, 3.63) is 30.3 Å². The van der Waals surface area contributed by atoms with E-state index in [0.29, 0.717) is 0 Å². The van der Waals surface area contributed by atoms with Crippen molar-refractivity contribution in [3.63, 3.8) is 0 Å². The number of halogens is 1. The number of rotatable bonds is 4. The molecule has 1 fully saturated rings. The Balaban J connectivity index is 0.00000264. The summed E-state index contributed by atoms with van der Waals surface area (Å²) in [6, 6.07) is 9.47. The van der Waals surface area contributed by atoms with Gasteiger partial charge in [-0.05, 0) is 37.8 Å². The van der Waals surface area contributed by atoms with Gasteiger partial charge in [0.2, 0.25) is 5.91 Å². The standard InChI is InChI=1S/C17H26N4O.HI/c1-3-18-17(21-11-9-14(2)10-12-21)19-13-16(22)20-15-7-5-4-6-8-15;/h4-8,14H,3,9-13H2,1-2H3,(H,18,19)(H,20,22);1H. The Morgan fingerprint density at radius 1 is 1.26 bits per heavy atom. The van der Waals surface area contributed by atoms with Crippen LogP contribution >= 0.6 is 24.0 Å². The van der Waals surface area contributed by atoms with Gasteiger partial charge < -0.3 is 15.5 Å². The number of hydrogen-bond donors (Lipinski definition) is 2. The Kier molecular flexibility index (Phi) is 8.98. The van der Waals surface area contributed by atoms with E-state index in [2.05, 4.69) is 27.4 Å². The van der Waals surface area contributed by atoms with Crippen LogP contribution in [0.15, 0.2) is 35.3 Å². The SMILES string of the molecule is CCNC(=NCC(=O)Nc1ccccc1)N1CCC(C)CC1.I. The van der Waals surface area contributed by atoms with Gasteiger partial charge in [-0.25, -0.2) is 4.99 Å². The minimum atomic E-state index is -0.0908. The molecule has 0 radical (unpaired) electrons. The van der Waals surface area contributed by atoms with Crippen molar-refractivity contribution in [2.75, 3.05) is 31.5 Å². The number of guanidine groups is 1. The molecule has 1 saturated heterocycles. The van der Waals surface area contributed by atoms with Gasteiger partial charge in [-0.15, -0.1) is 24.0 Å². The van der Waals surface area contributed by atoms with Crippen LogP contribution in [0.5, 0.6) is 0 Å². The van der Waals surface area contributed by atoms with Gasteiger partial charge in [-0.2, -0.15) is 0 Å². The topological polar surface area (TPSA) is 56.7 Å². The zero-order valence-electron chi connectivity index (χ0n) is 13.9. The molecule has 0 spiro atoms. The maximum atomic E-state index is 12.0. The predicted molar refractivity (Wildman–Crippen MR) is 106 cm³/mol. The fraction of sp³-hybridized carbons (Fsp3) is 0.529. The summed E-state index contributed by atoms with van der Waals surface area (Å²) in [6.07, 6.45) is 2.36. The molecule has 1 aliphatic heterocycles. The lowest BCUT2D eigenvalue weighted by atomic mass is 10.00. The number of para-hydroxylation sites is 1. The fourth-order valence-electron chi connectivity index (χ4n) is 2.51. The van der Waals surface area contributed by atoms with Gasteiger partial charge in [0.05, 0.1) is 0 Å². The maximum Gasteiger partial charge on any atom is 0.246 e. The normalized spacial score (nSPS) is 15.7. The lowest BCUT2D eigenvalue weighted by molar-refractivity contribution is -0.114. The summed E-state index contributed by atoms with van der Waals surface area (Å²) < 4.78 is 0. The van der Waals surface area contributed by atoms with Crippen LogP contribution in [-0.4, -0.2) is 42.9 Å². The van der Waals surface area contributed by atoms with Crippen LogP contribution < -0.4 is 10.6 Å². The summed E-state index contributed by atoms with van der Waals surface area (Å²) in [4.78, 5) is 18.7. The van der Waals surface area contributed by atoms with Crippen LogP contribution in [0.2, 0.25) is 0 Å². The Morgan fingerprint density at radius 3 is 2.52 bits per heavy atom. The van der Waals surface area contributed by atoms with E-state index in [4.69, 9.17) is 0 Å². The molecule has 1 heterocycles. The number of nitrogens with zero attached hydrogens (tertiary/aromatic N) is 2. The molecule has 128 valence electrons. The van der Waals surface area contributed by atoms with Crippen LogP contribution in [0.3, 0.4) is 0 Å². The Hall–Kier alpha value is -1.31. The van der Waals surface area contributed by atoms with Gasteiger partial charge in [0.25, 0.3) is 0 Å². The Labute approximate surface area is 156 Å². The van der Waals surface area contributed by atoms with Crippen molar-refractivity contribution in [2.45, 2.75) is 26.7 Å². The zero-order valence-corrected chi connectivity index (χ0v) is 16.2. The van der Waals surface area contributed by atoms with E-state index < -0.39 is 0 Å². The number of carbonyl (C=O) groups is 1. The number of aliphatic imine (C=N–C) groups is 1. The second kappa shape index (κ2) is 10.5. The monoisotopic (exact) mass is 430 g/mol. The summed E-state index contributed by atoms with van der Waals surface area (Å²) >= 11 is 0. The smallest absolute Gasteiger partial charge is 0.246 e. The number of amides is 1. The second-order valence-electron chi connectivity index (χ2n) is 5.75. The number of likely N-dealkylation sites (tertiary alicyclic amines) is 1. The van der Waals surface area contributed by atoms with E-state index in [-0.39, 0.29) is 36.4 Å². The van der Waals surface area contributed by atoms with Crippen LogP contribution in [0.4, 0.5) is 5.69 Å². The molecule has 0 atom stereocenters. The van der Waals surface area contributed by atoms with Crippen molar-refractivity contribution in [1.82, 2.24) is 10.2 Å². The first-order valence-electron chi connectivity index (χ1n) is 8.07. The lowest BCUT2D eigenvalue weighted by Gasteiger charge is -2.32. The third-order valence-corrected chi connectivity index (χ3v) is 3.85. The lowest BCUT2D eigenvalue weighted by Crippen LogP contribution is -2.45. The molecule has 2 N–H and O–H groups in total. The number of anilines is 1. The average molecular weight is 430 g/mol. The van der Waals surface area contributed by atoms with Gasteiger partial charge in [0.1, 0.15) is 6.54 Å². The van der Waals surface area contributed by atoms with Gasteiger partial charge >= 0.3 is 0 Å². The van der Waals surface area contributed by atoms with Crippen molar-refractivity contribution >= 4 is 41.5 Å². The summed E-state index contributed by atoms with van der Waals surface area (Å²) in [5.41, 5.74) is 0.805. The van der Waals surface area contributed by atoms with Crippen LogP contribution in [0, 0.1) is 5.92 Å². The summed E-state index contributed by atoms with van der Waals surface area (Å²) in [6.45, 7) is 7.30. The maximum absolute atomic E-state index is 12.0. The van der Waals surface area contributed by atoms with Crippen LogP contribution in [-0.2, 0) is 4.79 Å². The molecule has 0 aliphatic carbocycles. The highest BCUT2D eigenvalue weighted by Gasteiger charge is 2.18. The molecule has 0 saturated carbocycles. The first kappa shape index (κ1) is 19.7. The molecular formula is C17H27IN4O. The van der Waals surface area contributed by atoms with Crippen molar-refractivity contribution in [1.29, 1.82) is 0 Å². The largest absolute Gasteiger partial charge is 0.357 e. The molecule has 0 unspecified atom stereocenters. The van der Waals surface area contributed by atoms with E-state index in [1.165, 1.54) is 12.8 Å². The van der Waals surface area contributed by atoms with Gasteiger partial charge in [0.15, 0.2) is 5.96 Å². The highest BCUT2D eigenvalue weighted by molar-refractivity contribution is 14.0. The highest BCUT2D eigenvalue weighted by atomic mass is 127. The molecule has 6 heteroatoms. The van der Waals surface area contributed by atoms with E-state index in [0.717, 1.165) is 37.2 Å². The summed E-state index contributed by atoms with van der Waals surface area (Å²) in [5, 5.41) is 6.14. The third-order valence-electron chi connectivity index (χ3n) is 3.85. The number of piperidine rings is 1. The minimum Gasteiger partial charge on any atom is -0.357 e. The predicted octanol–water partition coefficient (Wildman–Crippen LogP) is 2.94. The van der Waals surface area contributed by atoms with Crippen molar-refractivity contribution < 1.29 is 4.79 Å². The molecule has 1 amide bonds. The number of nitrogens with one attached hydrogen (secondary N) is 2. The van der Waals surface area contributed by atoms with E-state index in [9.17, 15) is 4.79 Å². The number of benzene rings is 1. The number of hydrogen-bond acceptors (Lipinski definition) is 2.